The van der Waals surface area contributed by atoms with E-state index in [2.05, 4.69) is 10.1 Å². The maximum Gasteiger partial charge on any atom is 0.326 e. The summed E-state index contributed by atoms with van der Waals surface area (Å²) in [5.41, 5.74) is 1.31. The molecule has 0 unspecified atom stereocenters. The molecule has 3 aromatic rings. The molecule has 0 amide bonds. The van der Waals surface area contributed by atoms with Gasteiger partial charge in [-0.1, -0.05) is 35.3 Å². The molecule has 2 heterocycles. The normalized spacial score (nSPS) is 20.9. The summed E-state index contributed by atoms with van der Waals surface area (Å²) in [5, 5.41) is 4.31. The maximum absolute atomic E-state index is 12.3. The van der Waals surface area contributed by atoms with E-state index in [1.807, 2.05) is 28.8 Å². The number of nitrogens with one attached hydrogen (secondary N) is 1. The second-order valence-electron chi connectivity index (χ2n) is 6.34. The van der Waals surface area contributed by atoms with Crippen molar-refractivity contribution < 1.29 is 0 Å². The van der Waals surface area contributed by atoms with Crippen LogP contribution in [0.5, 0.6) is 0 Å². The number of rotatable bonds is 2. The van der Waals surface area contributed by atoms with E-state index in [9.17, 15) is 9.59 Å². The summed E-state index contributed by atoms with van der Waals surface area (Å²) >= 11 is 11.8. The molecular weight excluding hydrogens is 363 g/mol. The molecule has 130 valence electrons. The topological polar surface area (TPSA) is 72.7 Å². The van der Waals surface area contributed by atoms with Gasteiger partial charge in [-0.2, -0.15) is 5.10 Å². The predicted octanol–water partition coefficient (Wildman–Crippen LogP) is 3.55. The van der Waals surface area contributed by atoms with Crippen LogP contribution in [0.15, 0.2) is 40.1 Å². The second-order valence-corrected chi connectivity index (χ2v) is 7.12. The number of hydrogen-bond donors (Lipinski definition) is 1. The fourth-order valence-corrected chi connectivity index (χ4v) is 3.94. The zero-order valence-electron chi connectivity index (χ0n) is 13.3. The summed E-state index contributed by atoms with van der Waals surface area (Å²) in [7, 11) is 0. The van der Waals surface area contributed by atoms with Gasteiger partial charge in [-0.05, 0) is 37.8 Å². The molecule has 0 aliphatic heterocycles. The molecule has 25 heavy (non-hydrogen) atoms. The van der Waals surface area contributed by atoms with E-state index in [0.29, 0.717) is 0 Å². The van der Waals surface area contributed by atoms with Crippen molar-refractivity contribution in [1.82, 2.24) is 19.3 Å². The number of imidazole rings is 1. The minimum atomic E-state index is -0.359. The minimum Gasteiger partial charge on any atom is -0.306 e. The number of aromatic nitrogens is 4. The van der Waals surface area contributed by atoms with Gasteiger partial charge >= 0.3 is 5.69 Å². The third-order valence-corrected chi connectivity index (χ3v) is 5.65. The first-order valence-electron chi connectivity index (χ1n) is 8.18. The van der Waals surface area contributed by atoms with Crippen LogP contribution in [0.2, 0.25) is 10.0 Å². The Hall–Kier alpha value is -2.05. The number of hydrogen-bond acceptors (Lipinski definition) is 3. The van der Waals surface area contributed by atoms with Gasteiger partial charge in [-0.25, -0.2) is 9.48 Å². The lowest BCUT2D eigenvalue weighted by Crippen LogP contribution is -2.32. The standard InChI is InChI=1S/C17H16Cl2N4O2/c18-12-9-20-23(16(24)15(12)19)11-7-5-10(6-8-11)22-14-4-2-1-3-13(14)21-17(22)25/h1-4,9-11H,5-8H2,(H,21,25). The highest BCUT2D eigenvalue weighted by atomic mass is 35.5. The molecule has 0 saturated heterocycles. The van der Waals surface area contributed by atoms with E-state index in [1.165, 1.54) is 10.9 Å². The molecule has 1 aliphatic carbocycles. The summed E-state index contributed by atoms with van der Waals surface area (Å²) in [6.45, 7) is 0. The summed E-state index contributed by atoms with van der Waals surface area (Å²) < 4.78 is 3.25. The third kappa shape index (κ3) is 2.79. The molecule has 1 aliphatic rings. The van der Waals surface area contributed by atoms with E-state index in [4.69, 9.17) is 23.2 Å². The van der Waals surface area contributed by atoms with Gasteiger partial charge in [0.2, 0.25) is 0 Å². The van der Waals surface area contributed by atoms with Crippen molar-refractivity contribution in [2.75, 3.05) is 0 Å². The number of benzene rings is 1. The van der Waals surface area contributed by atoms with E-state index >= 15 is 0 Å². The Morgan fingerprint density at radius 3 is 2.48 bits per heavy atom. The summed E-state index contributed by atoms with van der Waals surface area (Å²) in [6.07, 6.45) is 4.49. The van der Waals surface area contributed by atoms with Crippen molar-refractivity contribution >= 4 is 34.2 Å². The Bertz CT molecular complexity index is 1040. The number of fused-ring (bicyclic) bond motifs is 1. The van der Waals surface area contributed by atoms with Crippen LogP contribution in [-0.4, -0.2) is 19.3 Å². The van der Waals surface area contributed by atoms with Gasteiger partial charge in [0.25, 0.3) is 5.56 Å². The Balaban J connectivity index is 1.60. The summed E-state index contributed by atoms with van der Waals surface area (Å²) in [5.74, 6) is 0. The molecule has 0 atom stereocenters. The van der Waals surface area contributed by atoms with Crippen LogP contribution < -0.4 is 11.2 Å². The van der Waals surface area contributed by atoms with Crippen molar-refractivity contribution in [3.63, 3.8) is 0 Å². The Labute approximate surface area is 153 Å². The molecule has 0 bridgehead atoms. The molecule has 4 rings (SSSR count). The second kappa shape index (κ2) is 6.35. The predicted molar refractivity (Wildman–Crippen MR) is 97.6 cm³/mol. The Kier molecular flexibility index (Phi) is 4.17. The van der Waals surface area contributed by atoms with Gasteiger partial charge in [-0.15, -0.1) is 0 Å². The van der Waals surface area contributed by atoms with E-state index < -0.39 is 0 Å². The first kappa shape index (κ1) is 16.4. The van der Waals surface area contributed by atoms with Crippen LogP contribution in [-0.2, 0) is 0 Å². The maximum atomic E-state index is 12.3. The highest BCUT2D eigenvalue weighted by Gasteiger charge is 2.27. The number of aromatic amines is 1. The van der Waals surface area contributed by atoms with Crippen molar-refractivity contribution in [2.45, 2.75) is 37.8 Å². The quantitative estimate of drug-likeness (QED) is 0.740. The van der Waals surface area contributed by atoms with Gasteiger partial charge in [0, 0.05) is 6.04 Å². The third-order valence-electron chi connectivity index (χ3n) is 4.90. The van der Waals surface area contributed by atoms with Crippen molar-refractivity contribution in [1.29, 1.82) is 0 Å². The number of H-pyrrole nitrogens is 1. The summed E-state index contributed by atoms with van der Waals surface area (Å²) in [6, 6.07) is 7.76. The van der Waals surface area contributed by atoms with Crippen LogP contribution in [0.3, 0.4) is 0 Å². The molecule has 0 spiro atoms. The Morgan fingerprint density at radius 1 is 1.04 bits per heavy atom. The van der Waals surface area contributed by atoms with Gasteiger partial charge in [-0.3, -0.25) is 9.36 Å². The monoisotopic (exact) mass is 378 g/mol. The first-order valence-corrected chi connectivity index (χ1v) is 8.94. The number of para-hydroxylation sites is 2. The average Bonchev–Trinajstić information content (AvgIpc) is 2.96. The average molecular weight is 379 g/mol. The van der Waals surface area contributed by atoms with Crippen LogP contribution in [0.25, 0.3) is 11.0 Å². The number of nitrogens with zero attached hydrogens (tertiary/aromatic N) is 3. The lowest BCUT2D eigenvalue weighted by Gasteiger charge is -2.29. The Morgan fingerprint density at radius 2 is 1.72 bits per heavy atom. The van der Waals surface area contributed by atoms with Crippen LogP contribution in [0.4, 0.5) is 0 Å². The highest BCUT2D eigenvalue weighted by molar-refractivity contribution is 6.41. The zero-order valence-corrected chi connectivity index (χ0v) is 14.8. The van der Waals surface area contributed by atoms with Crippen molar-refractivity contribution in [3.8, 4) is 0 Å². The number of halogens is 2. The molecule has 1 saturated carbocycles. The smallest absolute Gasteiger partial charge is 0.306 e. The van der Waals surface area contributed by atoms with Crippen molar-refractivity contribution in [3.05, 3.63) is 61.3 Å². The summed E-state index contributed by atoms with van der Waals surface area (Å²) in [4.78, 5) is 27.5. The van der Waals surface area contributed by atoms with Crippen molar-refractivity contribution in [2.24, 2.45) is 0 Å². The fourth-order valence-electron chi connectivity index (χ4n) is 3.68. The molecule has 0 radical (unpaired) electrons. The molecule has 2 aromatic heterocycles. The molecule has 1 aromatic carbocycles. The van der Waals surface area contributed by atoms with Crippen LogP contribution in [0, 0.1) is 0 Å². The lowest BCUT2D eigenvalue weighted by atomic mass is 9.91. The SMILES string of the molecule is O=c1c(Cl)c(Cl)cnn1C1CCC(n2c(=O)[nH]c3ccccc32)CC1. The molecular formula is C17H16Cl2N4O2. The van der Waals surface area contributed by atoms with Gasteiger partial charge < -0.3 is 4.98 Å². The van der Waals surface area contributed by atoms with E-state index in [0.717, 1.165) is 36.7 Å². The molecule has 1 N–H and O–H groups in total. The fraction of sp³-hybridized carbons (Fsp3) is 0.353. The highest BCUT2D eigenvalue weighted by Crippen LogP contribution is 2.35. The molecule has 1 fully saturated rings. The lowest BCUT2D eigenvalue weighted by molar-refractivity contribution is 0.255. The minimum absolute atomic E-state index is 0.00615. The first-order chi connectivity index (χ1) is 12.1. The van der Waals surface area contributed by atoms with Crippen LogP contribution in [0.1, 0.15) is 37.8 Å². The van der Waals surface area contributed by atoms with E-state index in [-0.39, 0.29) is 33.4 Å². The van der Waals surface area contributed by atoms with Gasteiger partial charge in [0.15, 0.2) is 0 Å². The molecule has 6 nitrogen and oxygen atoms in total. The zero-order chi connectivity index (χ0) is 17.6. The largest absolute Gasteiger partial charge is 0.326 e. The van der Waals surface area contributed by atoms with Gasteiger partial charge in [0.05, 0.1) is 28.3 Å². The van der Waals surface area contributed by atoms with E-state index in [1.54, 1.807) is 0 Å². The van der Waals surface area contributed by atoms with Crippen LogP contribution >= 0.6 is 23.2 Å². The van der Waals surface area contributed by atoms with Gasteiger partial charge in [0.1, 0.15) is 5.02 Å². The molecule has 8 heteroatoms.